The van der Waals surface area contributed by atoms with Crippen molar-refractivity contribution in [2.24, 2.45) is 0 Å². The van der Waals surface area contributed by atoms with Gasteiger partial charge in [-0.05, 0) is 6.08 Å². The van der Waals surface area contributed by atoms with Crippen LogP contribution < -0.4 is 0 Å². The maximum atomic E-state index is 10.5. The van der Waals surface area contributed by atoms with Crippen molar-refractivity contribution in [3.63, 3.8) is 0 Å². The first-order valence-corrected chi connectivity index (χ1v) is 0.974. The molecular weight excluding hydrogens is 55.0 g/mol. The molecule has 0 fully saturated rings. The largest absolute Gasteiger partial charge is 0.246 e. The van der Waals surface area contributed by atoms with Gasteiger partial charge in [0.2, 0.25) is 0 Å². The molecule has 0 atom stereocenters. The lowest BCUT2D eigenvalue weighted by atomic mass is 10.7. The maximum Gasteiger partial charge on any atom is 0.114 e. The molecule has 0 saturated carbocycles. The van der Waals surface area contributed by atoms with E-state index in [2.05, 4.69) is 6.58 Å². The monoisotopic (exact) mass is 59.0 g/mol. The van der Waals surface area contributed by atoms with Gasteiger partial charge in [-0.25, -0.2) is 4.39 Å². The summed E-state index contributed by atoms with van der Waals surface area (Å²) in [7, 11) is 0. The summed E-state index contributed by atoms with van der Waals surface area (Å²) in [5, 5.41) is 0. The lowest BCUT2D eigenvalue weighted by Crippen LogP contribution is -1.50. The Kier molecular flexibility index (Phi) is 2.45. The summed E-state index contributed by atoms with van der Waals surface area (Å²) < 4.78 is 10.5. The Morgan fingerprint density at radius 1 is 2.00 bits per heavy atom. The zero-order valence-electron chi connectivity index (χ0n) is 2.29. The van der Waals surface area contributed by atoms with E-state index >= 15 is 0 Å². The number of allylic oxidation sites excluding steroid dienone is 1. The molecule has 1 heteroatoms. The van der Waals surface area contributed by atoms with Crippen LogP contribution in [0.3, 0.4) is 0 Å². The fourth-order valence-corrected chi connectivity index (χ4v) is 0. The van der Waals surface area contributed by atoms with Crippen molar-refractivity contribution >= 4 is 0 Å². The van der Waals surface area contributed by atoms with Crippen molar-refractivity contribution in [2.75, 3.05) is 6.67 Å². The van der Waals surface area contributed by atoms with Gasteiger partial charge < -0.3 is 0 Å². The molecule has 0 amide bonds. The highest BCUT2D eigenvalue weighted by Crippen LogP contribution is 1.56. The lowest BCUT2D eigenvalue weighted by Gasteiger charge is -1.53. The maximum absolute atomic E-state index is 10.5. The lowest BCUT2D eigenvalue weighted by molar-refractivity contribution is 0.554. The number of hydrogen-bond acceptors (Lipinski definition) is 0. The summed E-state index contributed by atoms with van der Waals surface area (Å²) >= 11 is 0. The van der Waals surface area contributed by atoms with E-state index < -0.39 is 6.67 Å². The van der Waals surface area contributed by atoms with Crippen molar-refractivity contribution in [3.05, 3.63) is 12.7 Å². The summed E-state index contributed by atoms with van der Waals surface area (Å²) in [6.07, 6.45) is 2.01. The first kappa shape index (κ1) is 3.67. The van der Waals surface area contributed by atoms with Gasteiger partial charge in [0, 0.05) is 0 Å². The van der Waals surface area contributed by atoms with E-state index in [0.717, 1.165) is 0 Å². The van der Waals surface area contributed by atoms with E-state index in [1.165, 1.54) is 0 Å². The van der Waals surface area contributed by atoms with Crippen LogP contribution in [0.15, 0.2) is 6.58 Å². The zero-order valence-corrected chi connectivity index (χ0v) is 2.29. The van der Waals surface area contributed by atoms with Gasteiger partial charge in [0.25, 0.3) is 0 Å². The molecule has 0 spiro atoms. The second kappa shape index (κ2) is 2.67. The van der Waals surface area contributed by atoms with Gasteiger partial charge in [0.1, 0.15) is 6.67 Å². The van der Waals surface area contributed by atoms with E-state index in [1.54, 1.807) is 0 Å². The summed E-state index contributed by atoms with van der Waals surface area (Å²) in [6, 6.07) is 0. The highest BCUT2D eigenvalue weighted by Gasteiger charge is 1.51. The SMILES string of the molecule is C=[C]CF. The standard InChI is InChI=1S/C3H4F/c1-2-3-4/h1,3H2. The summed E-state index contributed by atoms with van der Waals surface area (Å²) in [4.78, 5) is 0. The predicted molar refractivity (Wildman–Crippen MR) is 14.8 cm³/mol. The minimum Gasteiger partial charge on any atom is -0.246 e. The molecule has 0 aliphatic carbocycles. The van der Waals surface area contributed by atoms with Crippen LogP contribution in [-0.2, 0) is 0 Å². The minimum atomic E-state index is -0.542. The van der Waals surface area contributed by atoms with Gasteiger partial charge in [-0.2, -0.15) is 0 Å². The number of halogens is 1. The Morgan fingerprint density at radius 2 is 2.25 bits per heavy atom. The molecule has 0 rings (SSSR count). The third-order valence-electron chi connectivity index (χ3n) is 0.0945. The average molecular weight is 59.1 g/mol. The molecule has 0 aromatic rings. The predicted octanol–water partition coefficient (Wildman–Crippen LogP) is 0.945. The number of hydrogen-bond donors (Lipinski definition) is 0. The van der Waals surface area contributed by atoms with Crippen molar-refractivity contribution in [3.8, 4) is 0 Å². The molecule has 23 valence electrons. The van der Waals surface area contributed by atoms with E-state index in [4.69, 9.17) is 0 Å². The van der Waals surface area contributed by atoms with E-state index in [0.29, 0.717) is 0 Å². The highest BCUT2D eigenvalue weighted by molar-refractivity contribution is 4.47. The van der Waals surface area contributed by atoms with Crippen LogP contribution in [0.25, 0.3) is 0 Å². The van der Waals surface area contributed by atoms with E-state index in [9.17, 15) is 4.39 Å². The number of rotatable bonds is 1. The fourth-order valence-electron chi connectivity index (χ4n) is 0. The molecule has 1 radical (unpaired) electrons. The zero-order chi connectivity index (χ0) is 3.41. The van der Waals surface area contributed by atoms with Gasteiger partial charge in [-0.15, -0.1) is 0 Å². The van der Waals surface area contributed by atoms with Crippen LogP contribution >= 0.6 is 0 Å². The Labute approximate surface area is 24.9 Å². The Hall–Kier alpha value is -0.330. The normalized spacial score (nSPS) is 6.25. The van der Waals surface area contributed by atoms with Crippen LogP contribution in [0, 0.1) is 6.08 Å². The van der Waals surface area contributed by atoms with Gasteiger partial charge in [-0.1, -0.05) is 6.58 Å². The molecule has 0 saturated heterocycles. The first-order chi connectivity index (χ1) is 1.91. The van der Waals surface area contributed by atoms with E-state index in [1.807, 2.05) is 6.08 Å². The van der Waals surface area contributed by atoms with Gasteiger partial charge in [0.05, 0.1) is 0 Å². The Bertz CT molecular complexity index is 17.2. The van der Waals surface area contributed by atoms with Crippen LogP contribution in [-0.4, -0.2) is 6.67 Å². The topological polar surface area (TPSA) is 0 Å². The third-order valence-corrected chi connectivity index (χ3v) is 0.0945. The van der Waals surface area contributed by atoms with Gasteiger partial charge in [0.15, 0.2) is 0 Å². The summed E-state index contributed by atoms with van der Waals surface area (Å²) in [6.45, 7) is 2.44. The van der Waals surface area contributed by atoms with Crippen LogP contribution in [0.2, 0.25) is 0 Å². The molecule has 0 heterocycles. The van der Waals surface area contributed by atoms with Crippen molar-refractivity contribution in [1.82, 2.24) is 0 Å². The minimum absolute atomic E-state index is 0.542. The van der Waals surface area contributed by atoms with E-state index in [-0.39, 0.29) is 0 Å². The van der Waals surface area contributed by atoms with Crippen LogP contribution in [0.4, 0.5) is 4.39 Å². The molecule has 0 nitrogen and oxygen atoms in total. The molecule has 0 unspecified atom stereocenters. The third kappa shape index (κ3) is 1.67. The Balaban J connectivity index is 2.30. The Morgan fingerprint density at radius 3 is 2.25 bits per heavy atom. The first-order valence-electron chi connectivity index (χ1n) is 0.974. The smallest absolute Gasteiger partial charge is 0.114 e. The number of alkyl halides is 1. The second-order valence-electron chi connectivity index (χ2n) is 0.384. The summed E-state index contributed by atoms with van der Waals surface area (Å²) in [5.74, 6) is 0. The summed E-state index contributed by atoms with van der Waals surface area (Å²) in [5.41, 5.74) is 0. The highest BCUT2D eigenvalue weighted by atomic mass is 19.1. The van der Waals surface area contributed by atoms with Crippen LogP contribution in [0.5, 0.6) is 0 Å². The fraction of sp³-hybridized carbons (Fsp3) is 0.333. The average Bonchev–Trinajstić information content (AvgIpc) is 1.37. The molecule has 0 aromatic heterocycles. The molecule has 0 N–H and O–H groups in total. The second-order valence-corrected chi connectivity index (χ2v) is 0.384. The molecule has 0 aliphatic rings. The molecule has 0 bridgehead atoms. The van der Waals surface area contributed by atoms with Crippen LogP contribution in [0.1, 0.15) is 0 Å². The molecule has 0 aliphatic heterocycles. The molecule has 0 aromatic carbocycles. The molecular formula is C3H4F. The van der Waals surface area contributed by atoms with Crippen molar-refractivity contribution < 1.29 is 4.39 Å². The van der Waals surface area contributed by atoms with Gasteiger partial charge in [-0.3, -0.25) is 0 Å². The van der Waals surface area contributed by atoms with Gasteiger partial charge >= 0.3 is 0 Å². The van der Waals surface area contributed by atoms with Crippen molar-refractivity contribution in [1.29, 1.82) is 0 Å². The quantitative estimate of drug-likeness (QED) is 0.421. The molecule has 4 heavy (non-hydrogen) atoms. The van der Waals surface area contributed by atoms with Crippen molar-refractivity contribution in [2.45, 2.75) is 0 Å².